The van der Waals surface area contributed by atoms with Crippen molar-refractivity contribution in [1.29, 1.82) is 5.26 Å². The van der Waals surface area contributed by atoms with E-state index in [1.54, 1.807) is 0 Å². The number of benzene rings is 1. The lowest BCUT2D eigenvalue weighted by molar-refractivity contribution is 0.856. The van der Waals surface area contributed by atoms with E-state index in [4.69, 9.17) is 16.9 Å². The van der Waals surface area contributed by atoms with E-state index >= 15 is 0 Å². The lowest BCUT2D eigenvalue weighted by atomic mass is 10.2. The minimum atomic E-state index is 0.655. The van der Waals surface area contributed by atoms with Gasteiger partial charge in [-0.25, -0.2) is 0 Å². The molecule has 0 unspecified atom stereocenters. The Morgan fingerprint density at radius 2 is 2.05 bits per heavy atom. The molecule has 0 saturated heterocycles. The number of anilines is 2. The Balaban J connectivity index is 2.25. The van der Waals surface area contributed by atoms with Crippen LogP contribution in [0.4, 0.5) is 11.4 Å². The Morgan fingerprint density at radius 3 is 2.62 bits per heavy atom. The van der Waals surface area contributed by atoms with Gasteiger partial charge in [0.25, 0.3) is 0 Å². The van der Waals surface area contributed by atoms with Crippen LogP contribution in [0.25, 0.3) is 0 Å². The van der Waals surface area contributed by atoms with Gasteiger partial charge in [0.2, 0.25) is 0 Å². The molecule has 0 radical (unpaired) electrons. The Labute approximate surface area is 130 Å². The maximum atomic E-state index is 9.08. The highest BCUT2D eigenvalue weighted by molar-refractivity contribution is 6.31. The molecule has 0 fully saturated rings. The zero-order valence-corrected chi connectivity index (χ0v) is 13.5. The van der Waals surface area contributed by atoms with E-state index in [-0.39, 0.29) is 0 Å². The average Bonchev–Trinajstić information content (AvgIpc) is 2.72. The summed E-state index contributed by atoms with van der Waals surface area (Å²) in [6.07, 6.45) is 0. The van der Waals surface area contributed by atoms with Crippen molar-refractivity contribution in [1.82, 2.24) is 4.57 Å². The lowest BCUT2D eigenvalue weighted by Gasteiger charge is -2.19. The standard InChI is InChI=1S/C16H19ClN4/c1-11-12(7-14(9-18)21(11)4)10-19-15-8-13(17)5-6-16(15)20(2)3/h5-8,19H,10H2,1-4H3. The summed E-state index contributed by atoms with van der Waals surface area (Å²) < 4.78 is 1.90. The van der Waals surface area contributed by atoms with Crippen LogP contribution in [-0.4, -0.2) is 18.7 Å². The van der Waals surface area contributed by atoms with Crippen molar-refractivity contribution in [3.05, 3.63) is 46.2 Å². The third-order valence-corrected chi connectivity index (χ3v) is 3.90. The van der Waals surface area contributed by atoms with E-state index in [9.17, 15) is 0 Å². The molecular weight excluding hydrogens is 284 g/mol. The SMILES string of the molecule is Cc1c(CNc2cc(Cl)ccc2N(C)C)cc(C#N)n1C. The predicted octanol–water partition coefficient (Wildman–Crippen LogP) is 3.54. The number of aromatic nitrogens is 1. The summed E-state index contributed by atoms with van der Waals surface area (Å²) in [6, 6.07) is 9.90. The van der Waals surface area contributed by atoms with Gasteiger partial charge in [-0.2, -0.15) is 5.26 Å². The molecule has 0 saturated carbocycles. The maximum absolute atomic E-state index is 9.08. The van der Waals surface area contributed by atoms with Gasteiger partial charge in [0.05, 0.1) is 11.4 Å². The summed E-state index contributed by atoms with van der Waals surface area (Å²) in [5, 5.41) is 13.2. The zero-order chi connectivity index (χ0) is 15.6. The Kier molecular flexibility index (Phi) is 4.44. The van der Waals surface area contributed by atoms with Crippen LogP contribution in [-0.2, 0) is 13.6 Å². The van der Waals surface area contributed by atoms with Crippen molar-refractivity contribution in [2.24, 2.45) is 7.05 Å². The number of rotatable bonds is 4. The third-order valence-electron chi connectivity index (χ3n) is 3.66. The van der Waals surface area contributed by atoms with Crippen molar-refractivity contribution in [2.45, 2.75) is 13.5 Å². The monoisotopic (exact) mass is 302 g/mol. The topological polar surface area (TPSA) is 44.0 Å². The number of halogens is 1. The minimum absolute atomic E-state index is 0.655. The van der Waals surface area contributed by atoms with Gasteiger partial charge in [0.1, 0.15) is 11.8 Å². The van der Waals surface area contributed by atoms with Crippen molar-refractivity contribution < 1.29 is 0 Å². The summed E-state index contributed by atoms with van der Waals surface area (Å²) in [4.78, 5) is 2.04. The van der Waals surface area contributed by atoms with Gasteiger partial charge in [-0.3, -0.25) is 0 Å². The Hall–Kier alpha value is -2.12. The van der Waals surface area contributed by atoms with Crippen molar-refractivity contribution in [2.75, 3.05) is 24.3 Å². The van der Waals surface area contributed by atoms with Gasteiger partial charge in [0, 0.05) is 38.4 Å². The molecule has 0 amide bonds. The Morgan fingerprint density at radius 1 is 1.33 bits per heavy atom. The van der Waals surface area contributed by atoms with Crippen molar-refractivity contribution in [3.63, 3.8) is 0 Å². The van der Waals surface area contributed by atoms with Crippen molar-refractivity contribution in [3.8, 4) is 6.07 Å². The van der Waals surface area contributed by atoms with E-state index in [0.717, 1.165) is 22.6 Å². The normalized spacial score (nSPS) is 10.3. The summed E-state index contributed by atoms with van der Waals surface area (Å²) in [7, 11) is 5.90. The first-order chi connectivity index (χ1) is 9.93. The highest BCUT2D eigenvalue weighted by atomic mass is 35.5. The highest BCUT2D eigenvalue weighted by Crippen LogP contribution is 2.28. The summed E-state index contributed by atoms with van der Waals surface area (Å²) in [5.74, 6) is 0. The number of hydrogen-bond acceptors (Lipinski definition) is 3. The molecule has 0 bridgehead atoms. The lowest BCUT2D eigenvalue weighted by Crippen LogP contribution is -2.12. The predicted molar refractivity (Wildman–Crippen MR) is 88.0 cm³/mol. The number of nitriles is 1. The van der Waals surface area contributed by atoms with Gasteiger partial charge in [-0.1, -0.05) is 11.6 Å². The molecule has 0 atom stereocenters. The smallest absolute Gasteiger partial charge is 0.120 e. The van der Waals surface area contributed by atoms with Crippen LogP contribution >= 0.6 is 11.6 Å². The molecule has 1 heterocycles. The second-order valence-corrected chi connectivity index (χ2v) is 5.66. The average molecular weight is 303 g/mol. The molecule has 1 aromatic heterocycles. The number of nitrogens with zero attached hydrogens (tertiary/aromatic N) is 3. The Bertz CT molecular complexity index is 695. The van der Waals surface area contributed by atoms with Gasteiger partial charge in [0.15, 0.2) is 0 Å². The summed E-state index contributed by atoms with van der Waals surface area (Å²) >= 11 is 6.08. The molecule has 0 aliphatic heterocycles. The zero-order valence-electron chi connectivity index (χ0n) is 12.7. The molecule has 5 heteroatoms. The minimum Gasteiger partial charge on any atom is -0.379 e. The first-order valence-electron chi connectivity index (χ1n) is 6.70. The second kappa shape index (κ2) is 6.11. The van der Waals surface area contributed by atoms with Gasteiger partial charge >= 0.3 is 0 Å². The van der Waals surface area contributed by atoms with Crippen LogP contribution in [0.2, 0.25) is 5.02 Å². The molecule has 2 rings (SSSR count). The first kappa shape index (κ1) is 15.3. The van der Waals surface area contributed by atoms with E-state index in [1.165, 1.54) is 0 Å². The van der Waals surface area contributed by atoms with Gasteiger partial charge in [-0.05, 0) is 36.8 Å². The largest absolute Gasteiger partial charge is 0.379 e. The van der Waals surface area contributed by atoms with E-state index in [1.807, 2.05) is 61.8 Å². The van der Waals surface area contributed by atoms with Crippen LogP contribution < -0.4 is 10.2 Å². The highest BCUT2D eigenvalue weighted by Gasteiger charge is 2.10. The maximum Gasteiger partial charge on any atom is 0.120 e. The molecule has 0 spiro atoms. The molecule has 0 aliphatic carbocycles. The quantitative estimate of drug-likeness (QED) is 0.939. The third kappa shape index (κ3) is 3.14. The van der Waals surface area contributed by atoms with Crippen LogP contribution in [0, 0.1) is 18.3 Å². The van der Waals surface area contributed by atoms with Crippen LogP contribution in [0.5, 0.6) is 0 Å². The van der Waals surface area contributed by atoms with Crippen LogP contribution in [0.15, 0.2) is 24.3 Å². The molecule has 1 N–H and O–H groups in total. The molecule has 2 aromatic rings. The first-order valence-corrected chi connectivity index (χ1v) is 7.08. The number of hydrogen-bond donors (Lipinski definition) is 1. The van der Waals surface area contributed by atoms with Crippen LogP contribution in [0.3, 0.4) is 0 Å². The second-order valence-electron chi connectivity index (χ2n) is 5.22. The van der Waals surface area contributed by atoms with E-state index < -0.39 is 0 Å². The fourth-order valence-electron chi connectivity index (χ4n) is 2.28. The fraction of sp³-hybridized carbons (Fsp3) is 0.312. The van der Waals surface area contributed by atoms with Crippen molar-refractivity contribution >= 4 is 23.0 Å². The van der Waals surface area contributed by atoms with Gasteiger partial charge in [-0.15, -0.1) is 0 Å². The van der Waals surface area contributed by atoms with E-state index in [0.29, 0.717) is 17.3 Å². The summed E-state index contributed by atoms with van der Waals surface area (Å²) in [6.45, 7) is 2.67. The van der Waals surface area contributed by atoms with Gasteiger partial charge < -0.3 is 14.8 Å². The summed E-state index contributed by atoms with van der Waals surface area (Å²) in [5.41, 5.74) is 4.93. The van der Waals surface area contributed by atoms with E-state index in [2.05, 4.69) is 11.4 Å². The molecule has 1 aromatic carbocycles. The molecule has 110 valence electrons. The number of nitrogens with one attached hydrogen (secondary N) is 1. The van der Waals surface area contributed by atoms with Crippen LogP contribution in [0.1, 0.15) is 17.0 Å². The molecule has 21 heavy (non-hydrogen) atoms. The molecule has 0 aliphatic rings. The fourth-order valence-corrected chi connectivity index (χ4v) is 2.45. The molecule has 4 nitrogen and oxygen atoms in total. The molecular formula is C16H19ClN4.